The van der Waals surface area contributed by atoms with Crippen molar-refractivity contribution in [1.82, 2.24) is 5.32 Å². The maximum absolute atomic E-state index is 13.3. The number of hydrogen-bond acceptors (Lipinski definition) is 2. The monoisotopic (exact) mass is 385 g/mol. The summed E-state index contributed by atoms with van der Waals surface area (Å²) >= 11 is 0. The predicted octanol–water partition coefficient (Wildman–Crippen LogP) is 4.88. The van der Waals surface area contributed by atoms with E-state index in [0.29, 0.717) is 11.1 Å². The van der Waals surface area contributed by atoms with Gasteiger partial charge in [-0.05, 0) is 41.0 Å². The number of carbonyl (C=O) groups is 1. The van der Waals surface area contributed by atoms with Crippen LogP contribution in [-0.4, -0.2) is 12.5 Å². The zero-order valence-corrected chi connectivity index (χ0v) is 14.8. The summed E-state index contributed by atoms with van der Waals surface area (Å²) in [4.78, 5) is 12.5. The van der Waals surface area contributed by atoms with Crippen molar-refractivity contribution in [3.8, 4) is 5.75 Å². The minimum atomic E-state index is -2.90. The van der Waals surface area contributed by atoms with Gasteiger partial charge in [0.15, 0.2) is 0 Å². The fraction of sp³-hybridized carbons (Fsp3) is 0.136. The van der Waals surface area contributed by atoms with Crippen molar-refractivity contribution in [3.63, 3.8) is 0 Å². The van der Waals surface area contributed by atoms with Gasteiger partial charge in [0.25, 0.3) is 0 Å². The molecular weight excluding hydrogens is 367 g/mol. The Morgan fingerprint density at radius 1 is 0.893 bits per heavy atom. The molecule has 0 aliphatic carbocycles. The highest BCUT2D eigenvalue weighted by Crippen LogP contribution is 2.25. The van der Waals surface area contributed by atoms with Gasteiger partial charge in [-0.2, -0.15) is 8.78 Å². The zero-order chi connectivity index (χ0) is 19.9. The molecule has 0 spiro atoms. The number of carbonyl (C=O) groups excluding carboxylic acids is 1. The quantitative estimate of drug-likeness (QED) is 0.630. The highest BCUT2D eigenvalue weighted by molar-refractivity contribution is 5.79. The Balaban J connectivity index is 1.80. The number of halogens is 3. The average molecular weight is 385 g/mol. The minimum absolute atomic E-state index is 0.0215. The summed E-state index contributed by atoms with van der Waals surface area (Å²) in [6, 6.07) is 20.7. The van der Waals surface area contributed by atoms with Crippen LogP contribution in [0.1, 0.15) is 22.7 Å². The van der Waals surface area contributed by atoms with Crippen molar-refractivity contribution >= 4 is 5.91 Å². The number of nitrogens with one attached hydrogen (secondary N) is 1. The Morgan fingerprint density at radius 3 is 2.21 bits per heavy atom. The third-order valence-electron chi connectivity index (χ3n) is 4.13. The summed E-state index contributed by atoms with van der Waals surface area (Å²) in [6.45, 7) is -2.90. The lowest BCUT2D eigenvalue weighted by Crippen LogP contribution is -2.30. The number of hydrogen-bond donors (Lipinski definition) is 1. The van der Waals surface area contributed by atoms with Crippen LogP contribution in [0.15, 0.2) is 78.9 Å². The van der Waals surface area contributed by atoms with Gasteiger partial charge in [0.05, 0.1) is 12.5 Å². The van der Waals surface area contributed by atoms with Crippen molar-refractivity contribution in [2.24, 2.45) is 0 Å². The van der Waals surface area contributed by atoms with E-state index in [1.54, 1.807) is 24.3 Å². The molecule has 0 saturated carbocycles. The van der Waals surface area contributed by atoms with Crippen LogP contribution >= 0.6 is 0 Å². The Kier molecular flexibility index (Phi) is 6.32. The standard InChI is InChI=1S/C22H18F3NO2/c23-18-8-4-5-15(13-18)14-20(27)26-21(16-6-2-1-3-7-16)17-9-11-19(12-10-17)28-22(24)25/h1-13,21-22H,14H2,(H,26,27)/t21-/m0/s1. The Hall–Kier alpha value is -3.28. The molecule has 1 amide bonds. The molecule has 0 aliphatic heterocycles. The van der Waals surface area contributed by atoms with E-state index in [1.807, 2.05) is 30.3 Å². The maximum atomic E-state index is 13.3. The predicted molar refractivity (Wildman–Crippen MR) is 99.6 cm³/mol. The van der Waals surface area contributed by atoms with E-state index in [-0.39, 0.29) is 18.1 Å². The topological polar surface area (TPSA) is 38.3 Å². The first-order chi connectivity index (χ1) is 13.5. The van der Waals surface area contributed by atoms with Crippen LogP contribution < -0.4 is 10.1 Å². The third-order valence-corrected chi connectivity index (χ3v) is 4.13. The molecule has 3 aromatic carbocycles. The molecule has 3 rings (SSSR count). The van der Waals surface area contributed by atoms with Gasteiger partial charge in [0, 0.05) is 0 Å². The Labute approximate surface area is 160 Å². The van der Waals surface area contributed by atoms with Gasteiger partial charge >= 0.3 is 6.61 Å². The van der Waals surface area contributed by atoms with Gasteiger partial charge in [0.1, 0.15) is 11.6 Å². The molecule has 0 unspecified atom stereocenters. The molecule has 28 heavy (non-hydrogen) atoms. The maximum Gasteiger partial charge on any atom is 0.387 e. The van der Waals surface area contributed by atoms with Crippen LogP contribution in [0.5, 0.6) is 5.75 Å². The second-order valence-corrected chi connectivity index (χ2v) is 6.17. The first-order valence-electron chi connectivity index (χ1n) is 8.65. The molecule has 1 atom stereocenters. The lowest BCUT2D eigenvalue weighted by atomic mass is 9.98. The summed E-state index contributed by atoms with van der Waals surface area (Å²) in [6.07, 6.45) is 0.0215. The Morgan fingerprint density at radius 2 is 1.57 bits per heavy atom. The second-order valence-electron chi connectivity index (χ2n) is 6.17. The minimum Gasteiger partial charge on any atom is -0.435 e. The highest BCUT2D eigenvalue weighted by atomic mass is 19.3. The van der Waals surface area contributed by atoms with Crippen LogP contribution in [0, 0.1) is 5.82 Å². The second kappa shape index (κ2) is 9.08. The molecule has 0 bridgehead atoms. The average Bonchev–Trinajstić information content (AvgIpc) is 2.67. The van der Waals surface area contributed by atoms with E-state index in [2.05, 4.69) is 10.1 Å². The van der Waals surface area contributed by atoms with E-state index in [0.717, 1.165) is 5.56 Å². The number of amides is 1. The lowest BCUT2D eigenvalue weighted by Gasteiger charge is -2.20. The van der Waals surface area contributed by atoms with E-state index >= 15 is 0 Å². The Bertz CT molecular complexity index is 915. The van der Waals surface area contributed by atoms with Crippen LogP contribution in [0.4, 0.5) is 13.2 Å². The smallest absolute Gasteiger partial charge is 0.387 e. The number of benzene rings is 3. The normalized spacial score (nSPS) is 11.9. The molecule has 0 radical (unpaired) electrons. The summed E-state index contributed by atoms with van der Waals surface area (Å²) in [5, 5.41) is 2.93. The van der Waals surface area contributed by atoms with Gasteiger partial charge in [-0.1, -0.05) is 54.6 Å². The summed E-state index contributed by atoms with van der Waals surface area (Å²) in [5.41, 5.74) is 2.10. The largest absolute Gasteiger partial charge is 0.435 e. The molecule has 0 aliphatic rings. The van der Waals surface area contributed by atoms with Gasteiger partial charge in [0.2, 0.25) is 5.91 Å². The van der Waals surface area contributed by atoms with Gasteiger partial charge < -0.3 is 10.1 Å². The highest BCUT2D eigenvalue weighted by Gasteiger charge is 2.17. The molecular formula is C22H18F3NO2. The SMILES string of the molecule is O=C(Cc1cccc(F)c1)N[C@@H](c1ccccc1)c1ccc(OC(F)F)cc1. The number of ether oxygens (including phenoxy) is 1. The number of alkyl halides is 2. The van der Waals surface area contributed by atoms with Crippen LogP contribution in [0.25, 0.3) is 0 Å². The molecule has 1 N–H and O–H groups in total. The van der Waals surface area contributed by atoms with Gasteiger partial charge in [-0.15, -0.1) is 0 Å². The molecule has 0 aromatic heterocycles. The van der Waals surface area contributed by atoms with Gasteiger partial charge in [-0.25, -0.2) is 4.39 Å². The van der Waals surface area contributed by atoms with Gasteiger partial charge in [-0.3, -0.25) is 4.79 Å². The zero-order valence-electron chi connectivity index (χ0n) is 14.8. The van der Waals surface area contributed by atoms with E-state index in [9.17, 15) is 18.0 Å². The molecule has 0 saturated heterocycles. The summed E-state index contributed by atoms with van der Waals surface area (Å²) in [7, 11) is 0. The summed E-state index contributed by atoms with van der Waals surface area (Å²) in [5.74, 6) is -0.650. The van der Waals surface area contributed by atoms with Crippen molar-refractivity contribution < 1.29 is 22.7 Å². The molecule has 144 valence electrons. The molecule has 3 aromatic rings. The van der Waals surface area contributed by atoms with Crippen molar-refractivity contribution in [2.75, 3.05) is 0 Å². The lowest BCUT2D eigenvalue weighted by molar-refractivity contribution is -0.120. The fourth-order valence-corrected chi connectivity index (χ4v) is 2.89. The van der Waals surface area contributed by atoms with E-state index in [4.69, 9.17) is 0 Å². The van der Waals surface area contributed by atoms with Crippen LogP contribution in [0.2, 0.25) is 0 Å². The van der Waals surface area contributed by atoms with Crippen LogP contribution in [-0.2, 0) is 11.2 Å². The first kappa shape index (κ1) is 19.5. The molecule has 0 heterocycles. The van der Waals surface area contributed by atoms with Crippen LogP contribution in [0.3, 0.4) is 0 Å². The molecule has 6 heteroatoms. The summed E-state index contributed by atoms with van der Waals surface area (Å²) < 4.78 is 42.4. The fourth-order valence-electron chi connectivity index (χ4n) is 2.89. The number of rotatable bonds is 7. The first-order valence-corrected chi connectivity index (χ1v) is 8.65. The van der Waals surface area contributed by atoms with Crippen molar-refractivity contribution in [3.05, 3.63) is 101 Å². The van der Waals surface area contributed by atoms with E-state index in [1.165, 1.54) is 24.3 Å². The third kappa shape index (κ3) is 5.36. The molecule has 0 fully saturated rings. The van der Waals surface area contributed by atoms with Crippen molar-refractivity contribution in [1.29, 1.82) is 0 Å². The van der Waals surface area contributed by atoms with Crippen molar-refractivity contribution in [2.45, 2.75) is 19.1 Å². The van der Waals surface area contributed by atoms with E-state index < -0.39 is 18.5 Å². The molecule has 3 nitrogen and oxygen atoms in total.